The number of fused-ring (bicyclic) bond motifs is 2. The van der Waals surface area contributed by atoms with Gasteiger partial charge < -0.3 is 15.5 Å². The SMILES string of the molecule is Nc1ncc(-c2cnn(C3CCNCC3)c2)cc1-c1nc2ccc(-c3ccc4[nH]ncc4c3)cc2o1. The standard InChI is InChI=1S/C27H24N8O/c28-26-22(10-18(12-30-26)20-14-32-35(15-20)21-5-7-29-8-6-21)27-33-24-4-2-17(11-25(24)36-27)16-1-3-23-19(9-16)13-31-34-23/h1-4,9-15,21,29H,5-8H2,(H2,28,30)(H,31,34). The van der Waals surface area contributed by atoms with E-state index < -0.39 is 0 Å². The van der Waals surface area contributed by atoms with Crippen molar-refractivity contribution in [1.82, 2.24) is 35.3 Å². The summed E-state index contributed by atoms with van der Waals surface area (Å²) in [4.78, 5) is 9.14. The number of nitrogens with one attached hydrogen (secondary N) is 2. The number of hydrogen-bond donors (Lipinski definition) is 3. The van der Waals surface area contributed by atoms with Crippen molar-refractivity contribution in [2.75, 3.05) is 18.8 Å². The van der Waals surface area contributed by atoms with Crippen molar-refractivity contribution in [1.29, 1.82) is 0 Å². The molecule has 0 unspecified atom stereocenters. The first-order chi connectivity index (χ1) is 17.7. The van der Waals surface area contributed by atoms with Gasteiger partial charge in [-0.2, -0.15) is 10.2 Å². The van der Waals surface area contributed by atoms with Crippen LogP contribution in [0.4, 0.5) is 5.82 Å². The van der Waals surface area contributed by atoms with Gasteiger partial charge in [0.2, 0.25) is 5.89 Å². The second kappa shape index (κ2) is 8.31. The first-order valence-corrected chi connectivity index (χ1v) is 12.1. The number of piperidine rings is 1. The zero-order valence-corrected chi connectivity index (χ0v) is 19.5. The van der Waals surface area contributed by atoms with Gasteiger partial charge in [-0.05, 0) is 67.4 Å². The lowest BCUT2D eigenvalue weighted by atomic mass is 10.0. The Hall–Kier alpha value is -4.50. The molecule has 0 radical (unpaired) electrons. The molecule has 0 amide bonds. The molecule has 6 aromatic rings. The third-order valence-electron chi connectivity index (χ3n) is 6.93. The van der Waals surface area contributed by atoms with E-state index >= 15 is 0 Å². The number of H-pyrrole nitrogens is 1. The van der Waals surface area contributed by atoms with E-state index in [2.05, 4.69) is 48.6 Å². The van der Waals surface area contributed by atoms with Gasteiger partial charge in [0.25, 0.3) is 0 Å². The van der Waals surface area contributed by atoms with Crippen molar-refractivity contribution in [3.63, 3.8) is 0 Å². The van der Waals surface area contributed by atoms with Crippen LogP contribution in [0.3, 0.4) is 0 Å². The summed E-state index contributed by atoms with van der Waals surface area (Å²) in [6, 6.07) is 14.6. The molecule has 4 aromatic heterocycles. The number of nitrogens with two attached hydrogens (primary N) is 1. The Kier molecular flexibility index (Phi) is 4.81. The van der Waals surface area contributed by atoms with Gasteiger partial charge >= 0.3 is 0 Å². The second-order valence-corrected chi connectivity index (χ2v) is 9.22. The van der Waals surface area contributed by atoms with Gasteiger partial charge in [-0.15, -0.1) is 0 Å². The Balaban J connectivity index is 1.23. The van der Waals surface area contributed by atoms with E-state index in [1.807, 2.05) is 42.7 Å². The molecule has 4 N–H and O–H groups in total. The monoisotopic (exact) mass is 476 g/mol. The molecule has 0 saturated carbocycles. The average Bonchev–Trinajstić information content (AvgIpc) is 3.68. The average molecular weight is 477 g/mol. The van der Waals surface area contributed by atoms with E-state index in [1.165, 1.54) is 0 Å². The Morgan fingerprint density at radius 3 is 2.69 bits per heavy atom. The van der Waals surface area contributed by atoms with E-state index in [9.17, 15) is 0 Å². The molecule has 0 bridgehead atoms. The Labute approximate surface area is 206 Å². The Morgan fingerprint density at radius 1 is 0.917 bits per heavy atom. The highest BCUT2D eigenvalue weighted by Gasteiger charge is 2.18. The van der Waals surface area contributed by atoms with Crippen molar-refractivity contribution in [3.05, 3.63) is 67.3 Å². The second-order valence-electron chi connectivity index (χ2n) is 9.22. The summed E-state index contributed by atoms with van der Waals surface area (Å²) in [7, 11) is 0. The summed E-state index contributed by atoms with van der Waals surface area (Å²) in [5, 5.41) is 16.2. The normalized spacial score (nSPS) is 14.7. The number of nitrogen functional groups attached to an aromatic ring is 1. The minimum Gasteiger partial charge on any atom is -0.436 e. The molecule has 7 rings (SSSR count). The first kappa shape index (κ1) is 20.8. The predicted octanol–water partition coefficient (Wildman–Crippen LogP) is 4.80. The van der Waals surface area contributed by atoms with Crippen molar-refractivity contribution < 1.29 is 4.42 Å². The fourth-order valence-corrected chi connectivity index (χ4v) is 4.90. The molecule has 1 aliphatic heterocycles. The molecule has 5 heterocycles. The van der Waals surface area contributed by atoms with Crippen LogP contribution in [-0.2, 0) is 0 Å². The number of nitrogens with zero attached hydrogens (tertiary/aromatic N) is 5. The molecule has 9 nitrogen and oxygen atoms in total. The highest BCUT2D eigenvalue weighted by atomic mass is 16.3. The lowest BCUT2D eigenvalue weighted by molar-refractivity contribution is 0.343. The van der Waals surface area contributed by atoms with E-state index in [4.69, 9.17) is 15.1 Å². The van der Waals surface area contributed by atoms with Crippen molar-refractivity contribution in [2.24, 2.45) is 0 Å². The molecule has 1 saturated heterocycles. The van der Waals surface area contributed by atoms with Gasteiger partial charge in [0.15, 0.2) is 5.58 Å². The number of rotatable bonds is 4. The van der Waals surface area contributed by atoms with Crippen molar-refractivity contribution in [3.8, 4) is 33.7 Å². The maximum Gasteiger partial charge on any atom is 0.231 e. The van der Waals surface area contributed by atoms with Crippen LogP contribution in [0.15, 0.2) is 71.7 Å². The van der Waals surface area contributed by atoms with Crippen LogP contribution >= 0.6 is 0 Å². The zero-order valence-electron chi connectivity index (χ0n) is 19.5. The van der Waals surface area contributed by atoms with Crippen molar-refractivity contribution >= 4 is 27.8 Å². The number of pyridine rings is 1. The summed E-state index contributed by atoms with van der Waals surface area (Å²) in [6.07, 6.45) is 9.72. The Bertz CT molecular complexity index is 1710. The minimum atomic E-state index is 0.377. The molecule has 0 atom stereocenters. The maximum absolute atomic E-state index is 6.26. The molecule has 36 heavy (non-hydrogen) atoms. The van der Waals surface area contributed by atoms with Crippen LogP contribution in [0.1, 0.15) is 18.9 Å². The minimum absolute atomic E-state index is 0.377. The molecule has 9 heteroatoms. The van der Waals surface area contributed by atoms with Crippen LogP contribution < -0.4 is 11.1 Å². The number of aromatic nitrogens is 6. The fraction of sp³-hybridized carbons (Fsp3) is 0.185. The fourth-order valence-electron chi connectivity index (χ4n) is 4.90. The van der Waals surface area contributed by atoms with Crippen LogP contribution in [0.5, 0.6) is 0 Å². The van der Waals surface area contributed by atoms with Gasteiger partial charge in [-0.25, -0.2) is 9.97 Å². The molecule has 0 spiro atoms. The number of aromatic amines is 1. The van der Waals surface area contributed by atoms with E-state index in [0.717, 1.165) is 64.6 Å². The summed E-state index contributed by atoms with van der Waals surface area (Å²) in [6.45, 7) is 2.04. The molecule has 0 aliphatic carbocycles. The van der Waals surface area contributed by atoms with Gasteiger partial charge in [0.05, 0.1) is 29.5 Å². The highest BCUT2D eigenvalue weighted by Crippen LogP contribution is 2.33. The summed E-state index contributed by atoms with van der Waals surface area (Å²) < 4.78 is 8.25. The maximum atomic E-state index is 6.26. The van der Waals surface area contributed by atoms with Gasteiger partial charge in [-0.3, -0.25) is 9.78 Å². The highest BCUT2D eigenvalue weighted by molar-refractivity contribution is 5.88. The van der Waals surface area contributed by atoms with Gasteiger partial charge in [0.1, 0.15) is 11.3 Å². The first-order valence-electron chi connectivity index (χ1n) is 12.1. The third-order valence-corrected chi connectivity index (χ3v) is 6.93. The number of hydrogen-bond acceptors (Lipinski definition) is 7. The van der Waals surface area contributed by atoms with Crippen LogP contribution in [-0.4, -0.2) is 43.0 Å². The number of anilines is 1. The lowest BCUT2D eigenvalue weighted by Gasteiger charge is -2.22. The molecule has 1 fully saturated rings. The number of oxazole rings is 1. The third kappa shape index (κ3) is 3.61. The van der Waals surface area contributed by atoms with Crippen LogP contribution in [0.25, 0.3) is 55.7 Å². The number of benzene rings is 2. The summed E-state index contributed by atoms with van der Waals surface area (Å²) in [5.41, 5.74) is 13.4. The smallest absolute Gasteiger partial charge is 0.231 e. The van der Waals surface area contributed by atoms with Crippen LogP contribution in [0.2, 0.25) is 0 Å². The lowest BCUT2D eigenvalue weighted by Crippen LogP contribution is -2.29. The molecule has 2 aromatic carbocycles. The largest absolute Gasteiger partial charge is 0.436 e. The zero-order chi connectivity index (χ0) is 24.1. The molecular weight excluding hydrogens is 452 g/mol. The van der Waals surface area contributed by atoms with Crippen LogP contribution in [0, 0.1) is 0 Å². The summed E-state index contributed by atoms with van der Waals surface area (Å²) >= 11 is 0. The summed E-state index contributed by atoms with van der Waals surface area (Å²) in [5.74, 6) is 0.826. The van der Waals surface area contributed by atoms with E-state index in [-0.39, 0.29) is 0 Å². The molecular formula is C27H24N8O. The predicted molar refractivity (Wildman–Crippen MR) is 139 cm³/mol. The topological polar surface area (TPSA) is 123 Å². The van der Waals surface area contributed by atoms with Gasteiger partial charge in [0, 0.05) is 28.9 Å². The molecule has 178 valence electrons. The van der Waals surface area contributed by atoms with E-state index in [1.54, 1.807) is 6.20 Å². The quantitative estimate of drug-likeness (QED) is 0.334. The molecule has 1 aliphatic rings. The van der Waals surface area contributed by atoms with Crippen molar-refractivity contribution in [2.45, 2.75) is 18.9 Å². The Morgan fingerprint density at radius 2 is 1.78 bits per heavy atom. The van der Waals surface area contributed by atoms with Gasteiger partial charge in [-0.1, -0.05) is 12.1 Å². The van der Waals surface area contributed by atoms with E-state index in [0.29, 0.717) is 28.9 Å².